The van der Waals surface area contributed by atoms with E-state index < -0.39 is 0 Å². The summed E-state index contributed by atoms with van der Waals surface area (Å²) in [5.74, 6) is 0. The summed E-state index contributed by atoms with van der Waals surface area (Å²) in [6.45, 7) is 6.03. The Morgan fingerprint density at radius 2 is 1.64 bits per heavy atom. The fourth-order valence-corrected chi connectivity index (χ4v) is 1.69. The fourth-order valence-electron chi connectivity index (χ4n) is 1.05. The summed E-state index contributed by atoms with van der Waals surface area (Å²) < 4.78 is 0. The molecule has 0 aliphatic carbocycles. The van der Waals surface area contributed by atoms with Gasteiger partial charge < -0.3 is 4.90 Å². The minimum atomic E-state index is 0. The first kappa shape index (κ1) is 17.2. The molecule has 0 heterocycles. The molecule has 80 valence electrons. The second-order valence-electron chi connectivity index (χ2n) is 3.05. The third-order valence-electron chi connectivity index (χ3n) is 1.90. The Balaban J connectivity index is 0. The van der Waals surface area contributed by atoms with E-state index in [1.54, 1.807) is 0 Å². The molecule has 0 N–H and O–H groups in total. The number of nitrogens with zero attached hydrogens (tertiary/aromatic N) is 1. The normalized spacial score (nSPS) is 9.36. The van der Waals surface area contributed by atoms with E-state index in [0.717, 1.165) is 49.6 Å². The standard InChI is InChI=1S/C9H19NOS2.Zn/c1-3-5-7-10(8-6-4-2)9(11)13-12;/h12H,3-8H2,1-2H3;. The first-order valence-electron chi connectivity index (χ1n) is 4.86. The maximum Gasteiger partial charge on any atom is 0.292 e. The van der Waals surface area contributed by atoms with Crippen molar-refractivity contribution in [2.24, 2.45) is 0 Å². The van der Waals surface area contributed by atoms with Gasteiger partial charge in [-0.15, -0.1) is 11.7 Å². The van der Waals surface area contributed by atoms with Gasteiger partial charge in [-0.05, 0) is 12.8 Å². The molecular formula is C9H19NOS2Zn. The Morgan fingerprint density at radius 1 is 1.21 bits per heavy atom. The van der Waals surface area contributed by atoms with Crippen molar-refractivity contribution in [1.82, 2.24) is 4.90 Å². The van der Waals surface area contributed by atoms with Crippen molar-refractivity contribution >= 4 is 27.7 Å². The predicted octanol–water partition coefficient (Wildman–Crippen LogP) is 3.58. The average Bonchev–Trinajstić information content (AvgIpc) is 2.17. The molecule has 0 rings (SSSR count). The van der Waals surface area contributed by atoms with Crippen molar-refractivity contribution in [2.45, 2.75) is 39.5 Å². The minimum absolute atomic E-state index is 0. The van der Waals surface area contributed by atoms with Gasteiger partial charge in [0.15, 0.2) is 0 Å². The van der Waals surface area contributed by atoms with E-state index in [4.69, 9.17) is 0 Å². The van der Waals surface area contributed by atoms with Gasteiger partial charge in [0.2, 0.25) is 0 Å². The zero-order valence-corrected chi connectivity index (χ0v) is 13.8. The summed E-state index contributed by atoms with van der Waals surface area (Å²) in [5, 5.41) is 0.0882. The monoisotopic (exact) mass is 285 g/mol. The summed E-state index contributed by atoms with van der Waals surface area (Å²) in [7, 11) is 1.02. The third kappa shape index (κ3) is 8.13. The summed E-state index contributed by atoms with van der Waals surface area (Å²) in [4.78, 5) is 13.2. The van der Waals surface area contributed by atoms with Crippen LogP contribution in [0.25, 0.3) is 0 Å². The first-order chi connectivity index (χ1) is 6.26. The molecule has 0 aliphatic rings. The Kier molecular flexibility index (Phi) is 14.6. The fraction of sp³-hybridized carbons (Fsp3) is 0.889. The molecule has 5 heteroatoms. The smallest absolute Gasteiger partial charge is 0.292 e. The minimum Gasteiger partial charge on any atom is -0.333 e. The summed E-state index contributed by atoms with van der Waals surface area (Å²) in [5.41, 5.74) is 0. The number of hydrogen-bond donors (Lipinski definition) is 1. The molecule has 0 spiro atoms. The molecule has 0 unspecified atom stereocenters. The maximum absolute atomic E-state index is 11.3. The van der Waals surface area contributed by atoms with E-state index in [9.17, 15) is 4.79 Å². The number of carbonyl (C=O) groups is 1. The number of rotatable bonds is 6. The molecular weight excluding hydrogens is 268 g/mol. The van der Waals surface area contributed by atoms with E-state index >= 15 is 0 Å². The van der Waals surface area contributed by atoms with Gasteiger partial charge in [0.1, 0.15) is 0 Å². The van der Waals surface area contributed by atoms with Crippen molar-refractivity contribution in [3.05, 3.63) is 0 Å². The first-order valence-corrected chi connectivity index (χ1v) is 6.73. The molecule has 0 saturated carbocycles. The average molecular weight is 287 g/mol. The van der Waals surface area contributed by atoms with Crippen LogP contribution < -0.4 is 0 Å². The SMILES string of the molecule is CCCCN(CCCC)C(=O)SS.[Zn]. The van der Waals surface area contributed by atoms with Crippen LogP contribution in [0.1, 0.15) is 39.5 Å². The molecule has 0 bridgehead atoms. The molecule has 1 amide bonds. The van der Waals surface area contributed by atoms with Crippen molar-refractivity contribution in [1.29, 1.82) is 0 Å². The summed E-state index contributed by atoms with van der Waals surface area (Å²) in [6, 6.07) is 0. The van der Waals surface area contributed by atoms with Crippen LogP contribution >= 0.6 is 22.5 Å². The second-order valence-corrected chi connectivity index (χ2v) is 4.13. The van der Waals surface area contributed by atoms with E-state index in [1.165, 1.54) is 0 Å². The Labute approximate surface area is 109 Å². The second kappa shape index (κ2) is 11.9. The quantitative estimate of drug-likeness (QED) is 0.457. The summed E-state index contributed by atoms with van der Waals surface area (Å²) in [6.07, 6.45) is 4.44. The van der Waals surface area contributed by atoms with E-state index in [0.29, 0.717) is 0 Å². The van der Waals surface area contributed by atoms with Crippen LogP contribution in [0, 0.1) is 0 Å². The molecule has 0 atom stereocenters. The number of carbonyl (C=O) groups excluding carboxylic acids is 1. The molecule has 0 saturated heterocycles. The number of thiol groups is 1. The number of unbranched alkanes of at least 4 members (excludes halogenated alkanes) is 2. The zero-order chi connectivity index (χ0) is 10.1. The van der Waals surface area contributed by atoms with Crippen LogP contribution in [0.5, 0.6) is 0 Å². The largest absolute Gasteiger partial charge is 0.333 e. The van der Waals surface area contributed by atoms with Crippen molar-refractivity contribution in [3.8, 4) is 0 Å². The van der Waals surface area contributed by atoms with Gasteiger partial charge in [-0.1, -0.05) is 26.7 Å². The van der Waals surface area contributed by atoms with Gasteiger partial charge >= 0.3 is 0 Å². The van der Waals surface area contributed by atoms with Gasteiger partial charge in [0.25, 0.3) is 5.24 Å². The van der Waals surface area contributed by atoms with Crippen LogP contribution in [-0.4, -0.2) is 23.2 Å². The van der Waals surface area contributed by atoms with Crippen LogP contribution in [0.15, 0.2) is 0 Å². The Bertz CT molecular complexity index is 139. The molecule has 14 heavy (non-hydrogen) atoms. The molecule has 0 radical (unpaired) electrons. The van der Waals surface area contributed by atoms with Crippen molar-refractivity contribution < 1.29 is 24.3 Å². The molecule has 0 fully saturated rings. The number of amides is 1. The Hall–Kier alpha value is 0.793. The van der Waals surface area contributed by atoms with Crippen LogP contribution in [0.3, 0.4) is 0 Å². The topological polar surface area (TPSA) is 20.3 Å². The predicted molar refractivity (Wildman–Crippen MR) is 63.4 cm³/mol. The zero-order valence-electron chi connectivity index (χ0n) is 9.16. The molecule has 2 nitrogen and oxygen atoms in total. The Morgan fingerprint density at radius 3 is 1.93 bits per heavy atom. The molecule has 0 aliphatic heterocycles. The van der Waals surface area contributed by atoms with Gasteiger partial charge in [-0.3, -0.25) is 4.79 Å². The number of hydrogen-bond acceptors (Lipinski definition) is 3. The van der Waals surface area contributed by atoms with Crippen molar-refractivity contribution in [3.63, 3.8) is 0 Å². The van der Waals surface area contributed by atoms with Crippen molar-refractivity contribution in [2.75, 3.05) is 13.1 Å². The maximum atomic E-state index is 11.3. The van der Waals surface area contributed by atoms with Crippen LogP contribution in [0.4, 0.5) is 4.79 Å². The van der Waals surface area contributed by atoms with E-state index in [1.807, 2.05) is 4.90 Å². The third-order valence-corrected chi connectivity index (χ3v) is 2.78. The summed E-state index contributed by atoms with van der Waals surface area (Å²) >= 11 is 3.92. The van der Waals surface area contributed by atoms with Gasteiger partial charge in [0.05, 0.1) is 0 Å². The molecule has 0 aromatic heterocycles. The van der Waals surface area contributed by atoms with Crippen LogP contribution in [0.2, 0.25) is 0 Å². The molecule has 0 aromatic rings. The van der Waals surface area contributed by atoms with E-state index in [-0.39, 0.29) is 24.7 Å². The molecule has 0 aromatic carbocycles. The van der Waals surface area contributed by atoms with Gasteiger partial charge in [-0.25, -0.2) is 0 Å². The van der Waals surface area contributed by atoms with Crippen LogP contribution in [-0.2, 0) is 19.5 Å². The van der Waals surface area contributed by atoms with Gasteiger partial charge in [-0.2, -0.15) is 0 Å². The van der Waals surface area contributed by atoms with E-state index in [2.05, 4.69) is 25.5 Å². The van der Waals surface area contributed by atoms with Gasteiger partial charge in [0, 0.05) is 43.4 Å².